The first-order chi connectivity index (χ1) is 8.72. The average Bonchev–Trinajstić information content (AvgIpc) is 2.27. The molecule has 3 N–H and O–H groups in total. The highest BCUT2D eigenvalue weighted by atomic mass is 16.4. The van der Waals surface area contributed by atoms with E-state index in [1.54, 1.807) is 0 Å². The van der Waals surface area contributed by atoms with Crippen molar-refractivity contribution in [1.29, 1.82) is 0 Å². The van der Waals surface area contributed by atoms with Crippen LogP contribution in [0, 0.1) is 0 Å². The third-order valence-electron chi connectivity index (χ3n) is 2.46. The summed E-state index contributed by atoms with van der Waals surface area (Å²) in [6.07, 6.45) is 1.21. The second-order valence-electron chi connectivity index (χ2n) is 4.53. The van der Waals surface area contributed by atoms with E-state index in [1.165, 1.54) is 26.1 Å². The van der Waals surface area contributed by atoms with Crippen molar-refractivity contribution < 1.29 is 14.7 Å². The number of carbonyl (C=O) groups excluding carboxylic acids is 1. The second kappa shape index (κ2) is 5.51. The van der Waals surface area contributed by atoms with Crippen molar-refractivity contribution >= 4 is 11.9 Å². The summed E-state index contributed by atoms with van der Waals surface area (Å²) in [6.45, 7) is 2.77. The summed E-state index contributed by atoms with van der Waals surface area (Å²) in [5.41, 5.74) is -2.50. The number of hydrogen-bond donors (Lipinski definition) is 3. The van der Waals surface area contributed by atoms with Gasteiger partial charge in [-0.15, -0.1) is 0 Å². The Morgan fingerprint density at radius 2 is 2.05 bits per heavy atom. The molecule has 0 bridgehead atoms. The van der Waals surface area contributed by atoms with Crippen molar-refractivity contribution in [2.75, 3.05) is 0 Å². The topological polar surface area (TPSA) is 121 Å². The van der Waals surface area contributed by atoms with E-state index in [4.69, 9.17) is 5.11 Å². The van der Waals surface area contributed by atoms with Crippen LogP contribution in [0.15, 0.2) is 21.9 Å². The Kier molecular flexibility index (Phi) is 4.26. The summed E-state index contributed by atoms with van der Waals surface area (Å²) < 4.78 is 1.16. The number of carboxylic acids is 1. The molecule has 0 atom stereocenters. The van der Waals surface area contributed by atoms with Gasteiger partial charge in [0.15, 0.2) is 0 Å². The summed E-state index contributed by atoms with van der Waals surface area (Å²) in [5, 5.41) is 11.2. The van der Waals surface area contributed by atoms with E-state index in [9.17, 15) is 19.2 Å². The zero-order chi connectivity index (χ0) is 14.6. The smallest absolute Gasteiger partial charge is 0.328 e. The summed E-state index contributed by atoms with van der Waals surface area (Å²) in [7, 11) is 0. The van der Waals surface area contributed by atoms with Crippen molar-refractivity contribution in [3.05, 3.63) is 33.1 Å². The lowest BCUT2D eigenvalue weighted by Gasteiger charge is -2.20. The van der Waals surface area contributed by atoms with Crippen LogP contribution >= 0.6 is 0 Å². The SMILES string of the molecule is CC(C)(NC(=O)CCn1ccc(=O)[nH]c1=O)C(=O)O. The first kappa shape index (κ1) is 14.7. The molecule has 0 saturated carbocycles. The molecule has 0 spiro atoms. The van der Waals surface area contributed by atoms with Crippen molar-refractivity contribution in [2.24, 2.45) is 0 Å². The predicted molar refractivity (Wildman–Crippen MR) is 65.8 cm³/mol. The van der Waals surface area contributed by atoms with Gasteiger partial charge in [-0.25, -0.2) is 9.59 Å². The van der Waals surface area contributed by atoms with Crippen LogP contribution < -0.4 is 16.6 Å². The zero-order valence-electron chi connectivity index (χ0n) is 10.6. The zero-order valence-corrected chi connectivity index (χ0v) is 10.6. The molecule has 0 radical (unpaired) electrons. The fraction of sp³-hybridized carbons (Fsp3) is 0.455. The molecule has 0 aliphatic carbocycles. The molecule has 0 aromatic carbocycles. The number of carboxylic acid groups (broad SMARTS) is 1. The molecule has 0 aliphatic heterocycles. The largest absolute Gasteiger partial charge is 0.480 e. The van der Waals surface area contributed by atoms with Gasteiger partial charge >= 0.3 is 11.7 Å². The van der Waals surface area contributed by atoms with E-state index in [1.807, 2.05) is 0 Å². The minimum Gasteiger partial charge on any atom is -0.480 e. The van der Waals surface area contributed by atoms with Crippen LogP contribution in [-0.2, 0) is 16.1 Å². The molecule has 0 saturated heterocycles. The molecular formula is C11H15N3O5. The first-order valence-corrected chi connectivity index (χ1v) is 5.56. The van der Waals surface area contributed by atoms with Crippen molar-refractivity contribution in [3.8, 4) is 0 Å². The van der Waals surface area contributed by atoms with Gasteiger partial charge in [-0.05, 0) is 13.8 Å². The van der Waals surface area contributed by atoms with E-state index in [0.717, 1.165) is 4.57 Å². The van der Waals surface area contributed by atoms with E-state index >= 15 is 0 Å². The Labute approximate surface area is 108 Å². The number of aryl methyl sites for hydroxylation is 1. The number of amides is 1. The van der Waals surface area contributed by atoms with E-state index < -0.39 is 28.7 Å². The monoisotopic (exact) mass is 269 g/mol. The number of nitrogens with zero attached hydrogens (tertiary/aromatic N) is 1. The number of carbonyl (C=O) groups is 2. The molecule has 1 rings (SSSR count). The van der Waals surface area contributed by atoms with Crippen molar-refractivity contribution in [1.82, 2.24) is 14.9 Å². The van der Waals surface area contributed by atoms with Gasteiger partial charge in [-0.1, -0.05) is 0 Å². The molecule has 1 aromatic heterocycles. The Bertz CT molecular complexity index is 599. The standard InChI is InChI=1S/C11H15N3O5/c1-11(2,9(17)18)13-8(16)4-6-14-5-3-7(15)12-10(14)19/h3,5H,4,6H2,1-2H3,(H,13,16)(H,17,18)(H,12,15,19). The lowest BCUT2D eigenvalue weighted by atomic mass is 10.1. The number of hydrogen-bond acceptors (Lipinski definition) is 4. The quantitative estimate of drug-likeness (QED) is 0.627. The molecule has 0 fully saturated rings. The highest BCUT2D eigenvalue weighted by Gasteiger charge is 2.28. The lowest BCUT2D eigenvalue weighted by molar-refractivity contribution is -0.146. The van der Waals surface area contributed by atoms with Crippen LogP contribution in [-0.4, -0.2) is 32.1 Å². The maximum Gasteiger partial charge on any atom is 0.328 e. The second-order valence-corrected chi connectivity index (χ2v) is 4.53. The summed E-state index contributed by atoms with van der Waals surface area (Å²) >= 11 is 0. The molecule has 1 heterocycles. The fourth-order valence-corrected chi connectivity index (χ4v) is 1.31. The minimum absolute atomic E-state index is 0.0527. The number of nitrogens with one attached hydrogen (secondary N) is 2. The van der Waals surface area contributed by atoms with Gasteiger partial charge in [0.05, 0.1) is 0 Å². The van der Waals surface area contributed by atoms with Crippen LogP contribution in [0.3, 0.4) is 0 Å². The highest BCUT2D eigenvalue weighted by Crippen LogP contribution is 2.02. The van der Waals surface area contributed by atoms with Crippen LogP contribution in [0.1, 0.15) is 20.3 Å². The molecular weight excluding hydrogens is 254 g/mol. The molecule has 1 amide bonds. The van der Waals surface area contributed by atoms with Crippen LogP contribution in [0.5, 0.6) is 0 Å². The average molecular weight is 269 g/mol. The summed E-state index contributed by atoms with van der Waals surface area (Å²) in [4.78, 5) is 46.6. The number of aromatic nitrogens is 2. The third kappa shape index (κ3) is 4.09. The Hall–Kier alpha value is -2.38. The van der Waals surface area contributed by atoms with Gasteiger partial charge in [0.25, 0.3) is 5.56 Å². The summed E-state index contributed by atoms with van der Waals surface area (Å²) in [5.74, 6) is -1.65. The van der Waals surface area contributed by atoms with Gasteiger partial charge in [0.2, 0.25) is 5.91 Å². The molecule has 8 nitrogen and oxygen atoms in total. The van der Waals surface area contributed by atoms with Crippen LogP contribution in [0.4, 0.5) is 0 Å². The highest BCUT2D eigenvalue weighted by molar-refractivity contribution is 5.86. The summed E-state index contributed by atoms with van der Waals surface area (Å²) in [6, 6.07) is 1.17. The Morgan fingerprint density at radius 1 is 1.42 bits per heavy atom. The lowest BCUT2D eigenvalue weighted by Crippen LogP contribution is -2.49. The molecule has 0 aliphatic rings. The van der Waals surface area contributed by atoms with E-state index in [-0.39, 0.29) is 13.0 Å². The molecule has 1 aromatic rings. The molecule has 0 unspecified atom stereocenters. The van der Waals surface area contributed by atoms with Crippen LogP contribution in [0.2, 0.25) is 0 Å². The van der Waals surface area contributed by atoms with E-state index in [0.29, 0.717) is 0 Å². The van der Waals surface area contributed by atoms with Gasteiger partial charge < -0.3 is 15.0 Å². The van der Waals surface area contributed by atoms with E-state index in [2.05, 4.69) is 10.3 Å². The molecule has 8 heteroatoms. The van der Waals surface area contributed by atoms with Crippen molar-refractivity contribution in [2.45, 2.75) is 32.4 Å². The minimum atomic E-state index is -1.37. The Morgan fingerprint density at radius 3 is 2.58 bits per heavy atom. The van der Waals surface area contributed by atoms with Gasteiger partial charge in [0, 0.05) is 25.2 Å². The van der Waals surface area contributed by atoms with Crippen molar-refractivity contribution in [3.63, 3.8) is 0 Å². The van der Waals surface area contributed by atoms with Gasteiger partial charge in [0.1, 0.15) is 5.54 Å². The normalized spacial score (nSPS) is 11.1. The van der Waals surface area contributed by atoms with Crippen LogP contribution in [0.25, 0.3) is 0 Å². The number of aromatic amines is 1. The maximum absolute atomic E-state index is 11.6. The molecule has 104 valence electrons. The maximum atomic E-state index is 11.6. The Balaban J connectivity index is 2.63. The number of H-pyrrole nitrogens is 1. The predicted octanol–water partition coefficient (Wildman–Crippen LogP) is -1.09. The molecule has 19 heavy (non-hydrogen) atoms. The number of rotatable bonds is 5. The third-order valence-corrected chi connectivity index (χ3v) is 2.46. The van der Waals surface area contributed by atoms with Gasteiger partial charge in [-0.3, -0.25) is 14.6 Å². The van der Waals surface area contributed by atoms with Gasteiger partial charge in [-0.2, -0.15) is 0 Å². The first-order valence-electron chi connectivity index (χ1n) is 5.56. The fourth-order valence-electron chi connectivity index (χ4n) is 1.31. The number of aliphatic carboxylic acids is 1.